The van der Waals surface area contributed by atoms with Gasteiger partial charge >= 0.3 is 0 Å². The summed E-state index contributed by atoms with van der Waals surface area (Å²) in [5, 5.41) is 5.26. The summed E-state index contributed by atoms with van der Waals surface area (Å²) < 4.78 is 0. The molecule has 1 N–H and O–H groups in total. The van der Waals surface area contributed by atoms with Crippen molar-refractivity contribution in [3.05, 3.63) is 57.8 Å². The molecule has 1 aromatic heterocycles. The lowest BCUT2D eigenvalue weighted by molar-refractivity contribution is -0.124. The molecule has 0 bridgehead atoms. The average Bonchev–Trinajstić information content (AvgIpc) is 3.35. The van der Waals surface area contributed by atoms with Crippen LogP contribution < -0.4 is 5.32 Å². The molecule has 178 valence electrons. The summed E-state index contributed by atoms with van der Waals surface area (Å²) in [6.07, 6.45) is 6.48. The van der Waals surface area contributed by atoms with E-state index in [9.17, 15) is 9.59 Å². The van der Waals surface area contributed by atoms with Gasteiger partial charge in [-0.3, -0.25) is 9.59 Å². The topological polar surface area (TPSA) is 52.7 Å². The standard InChI is InChI=1S/C27H37N3O2S/c1-19(2)18-30-25(23-14-9-17-33-23)24(21-12-7-8-13-22(21)27(30)32)26(31)28-15-16-29(3)20-10-5-4-6-11-20/h7-9,12-14,17,19-20,24-25H,4-6,10-11,15-16,18H2,1-3H3,(H,28,31)/t24-,25-/m0/s1. The van der Waals surface area contributed by atoms with E-state index in [1.807, 2.05) is 40.6 Å². The highest BCUT2D eigenvalue weighted by molar-refractivity contribution is 7.10. The zero-order chi connectivity index (χ0) is 23.4. The van der Waals surface area contributed by atoms with Crippen LogP contribution in [0.15, 0.2) is 41.8 Å². The molecule has 2 heterocycles. The molecule has 1 saturated carbocycles. The molecule has 0 spiro atoms. The van der Waals surface area contributed by atoms with Gasteiger partial charge in [0.25, 0.3) is 5.91 Å². The molecule has 5 nitrogen and oxygen atoms in total. The molecular formula is C27H37N3O2S. The maximum atomic E-state index is 13.7. The van der Waals surface area contributed by atoms with Crippen LogP contribution in [-0.4, -0.2) is 54.3 Å². The second-order valence-corrected chi connectivity index (χ2v) is 10.9. The number of hydrogen-bond donors (Lipinski definition) is 1. The first-order chi connectivity index (χ1) is 16.0. The van der Waals surface area contributed by atoms with E-state index in [1.165, 1.54) is 32.1 Å². The number of hydrogen-bond acceptors (Lipinski definition) is 4. The zero-order valence-electron chi connectivity index (χ0n) is 20.1. The van der Waals surface area contributed by atoms with Crippen molar-refractivity contribution in [3.63, 3.8) is 0 Å². The Labute approximate surface area is 202 Å². The van der Waals surface area contributed by atoms with Gasteiger partial charge < -0.3 is 15.1 Å². The first-order valence-corrected chi connectivity index (χ1v) is 13.3. The van der Waals surface area contributed by atoms with Crippen LogP contribution in [0.2, 0.25) is 0 Å². The maximum absolute atomic E-state index is 13.7. The monoisotopic (exact) mass is 467 g/mol. The normalized spacial score (nSPS) is 21.5. The number of nitrogens with zero attached hydrogens (tertiary/aromatic N) is 2. The molecular weight excluding hydrogens is 430 g/mol. The first-order valence-electron chi connectivity index (χ1n) is 12.4. The number of nitrogens with one attached hydrogen (secondary N) is 1. The summed E-state index contributed by atoms with van der Waals surface area (Å²) in [5.74, 6) is -0.0521. The highest BCUT2D eigenvalue weighted by atomic mass is 32.1. The van der Waals surface area contributed by atoms with Gasteiger partial charge in [0.15, 0.2) is 0 Å². The summed E-state index contributed by atoms with van der Waals surface area (Å²) in [5.41, 5.74) is 1.50. The smallest absolute Gasteiger partial charge is 0.254 e. The Kier molecular flexibility index (Phi) is 7.86. The van der Waals surface area contributed by atoms with Crippen LogP contribution in [0.5, 0.6) is 0 Å². The van der Waals surface area contributed by atoms with Gasteiger partial charge in [-0.25, -0.2) is 0 Å². The number of amides is 2. The molecule has 2 atom stereocenters. The molecule has 6 heteroatoms. The summed E-state index contributed by atoms with van der Waals surface area (Å²) in [7, 11) is 2.18. The second-order valence-electron chi connectivity index (χ2n) is 9.94. The van der Waals surface area contributed by atoms with E-state index in [-0.39, 0.29) is 17.9 Å². The van der Waals surface area contributed by atoms with Crippen LogP contribution >= 0.6 is 11.3 Å². The van der Waals surface area contributed by atoms with Crippen molar-refractivity contribution in [2.24, 2.45) is 5.92 Å². The van der Waals surface area contributed by atoms with Crippen molar-refractivity contribution in [1.29, 1.82) is 0 Å². The fourth-order valence-electron chi connectivity index (χ4n) is 5.42. The lowest BCUT2D eigenvalue weighted by atomic mass is 9.81. The number of benzene rings is 1. The van der Waals surface area contributed by atoms with Gasteiger partial charge in [0.1, 0.15) is 0 Å². The molecule has 1 aliphatic heterocycles. The maximum Gasteiger partial charge on any atom is 0.254 e. The first kappa shape index (κ1) is 24.0. The Morgan fingerprint density at radius 3 is 2.61 bits per heavy atom. The number of likely N-dealkylation sites (N-methyl/N-ethyl adjacent to an activating group) is 1. The number of rotatable bonds is 8. The van der Waals surface area contributed by atoms with E-state index in [0.717, 1.165) is 17.0 Å². The van der Waals surface area contributed by atoms with Crippen molar-refractivity contribution in [3.8, 4) is 0 Å². The van der Waals surface area contributed by atoms with Crippen molar-refractivity contribution < 1.29 is 9.59 Å². The molecule has 1 aromatic carbocycles. The van der Waals surface area contributed by atoms with E-state index < -0.39 is 5.92 Å². The number of carbonyl (C=O) groups excluding carboxylic acids is 2. The molecule has 0 saturated heterocycles. The molecule has 0 unspecified atom stereocenters. The van der Waals surface area contributed by atoms with E-state index in [1.54, 1.807) is 11.3 Å². The highest BCUT2D eigenvalue weighted by Crippen LogP contribution is 2.44. The van der Waals surface area contributed by atoms with Gasteiger partial charge in [-0.05, 0) is 48.9 Å². The van der Waals surface area contributed by atoms with Crippen LogP contribution in [0.4, 0.5) is 0 Å². The van der Waals surface area contributed by atoms with Gasteiger partial charge in [0.2, 0.25) is 5.91 Å². The van der Waals surface area contributed by atoms with Gasteiger partial charge in [-0.2, -0.15) is 0 Å². The zero-order valence-corrected chi connectivity index (χ0v) is 20.9. The number of thiophene rings is 1. The number of fused-ring (bicyclic) bond motifs is 1. The third-order valence-corrected chi connectivity index (χ3v) is 8.02. The Morgan fingerprint density at radius 2 is 1.91 bits per heavy atom. The minimum atomic E-state index is -0.406. The fraction of sp³-hybridized carbons (Fsp3) is 0.556. The summed E-state index contributed by atoms with van der Waals surface area (Å²) in [6, 6.07) is 12.1. The molecule has 1 aliphatic carbocycles. The molecule has 4 rings (SSSR count). The lowest BCUT2D eigenvalue weighted by Gasteiger charge is -2.42. The van der Waals surface area contributed by atoms with E-state index in [0.29, 0.717) is 30.6 Å². The third kappa shape index (κ3) is 5.33. The summed E-state index contributed by atoms with van der Waals surface area (Å²) in [6.45, 7) is 6.34. The molecule has 2 aliphatic rings. The molecule has 2 aromatic rings. The summed E-state index contributed by atoms with van der Waals surface area (Å²) >= 11 is 1.62. The Balaban J connectivity index is 1.57. The Hall–Kier alpha value is -2.18. The predicted octanol–water partition coefficient (Wildman–Crippen LogP) is 5.07. The van der Waals surface area contributed by atoms with Crippen LogP contribution in [0.25, 0.3) is 0 Å². The third-order valence-electron chi connectivity index (χ3n) is 7.08. The van der Waals surface area contributed by atoms with Crippen molar-refractivity contribution in [2.75, 3.05) is 26.7 Å². The fourth-order valence-corrected chi connectivity index (χ4v) is 6.29. The van der Waals surface area contributed by atoms with Crippen molar-refractivity contribution in [2.45, 2.75) is 64.0 Å². The Morgan fingerprint density at radius 1 is 1.15 bits per heavy atom. The lowest BCUT2D eigenvalue weighted by Crippen LogP contribution is -2.49. The van der Waals surface area contributed by atoms with Gasteiger partial charge in [0, 0.05) is 36.1 Å². The van der Waals surface area contributed by atoms with E-state index in [4.69, 9.17) is 0 Å². The van der Waals surface area contributed by atoms with Crippen LogP contribution in [0.1, 0.15) is 78.7 Å². The van der Waals surface area contributed by atoms with Crippen molar-refractivity contribution in [1.82, 2.24) is 15.1 Å². The minimum Gasteiger partial charge on any atom is -0.354 e. The number of carbonyl (C=O) groups is 2. The Bertz CT molecular complexity index is 937. The molecule has 0 radical (unpaired) electrons. The van der Waals surface area contributed by atoms with Gasteiger partial charge in [-0.1, -0.05) is 57.4 Å². The minimum absolute atomic E-state index is 0.0131. The van der Waals surface area contributed by atoms with Crippen molar-refractivity contribution >= 4 is 23.2 Å². The quantitative estimate of drug-likeness (QED) is 0.590. The average molecular weight is 468 g/mol. The van der Waals surface area contributed by atoms with E-state index >= 15 is 0 Å². The van der Waals surface area contributed by atoms with Crippen LogP contribution in [0.3, 0.4) is 0 Å². The molecule has 2 amide bonds. The SMILES string of the molecule is CC(C)CN1C(=O)c2ccccc2[C@H](C(=O)NCCN(C)C2CCCCC2)[C@@H]1c1cccs1. The highest BCUT2D eigenvalue weighted by Gasteiger charge is 2.44. The molecule has 33 heavy (non-hydrogen) atoms. The largest absolute Gasteiger partial charge is 0.354 e. The van der Waals surface area contributed by atoms with Gasteiger partial charge in [0.05, 0.1) is 12.0 Å². The van der Waals surface area contributed by atoms with Crippen LogP contribution in [0, 0.1) is 5.92 Å². The summed E-state index contributed by atoms with van der Waals surface area (Å²) in [4.78, 5) is 32.6. The van der Waals surface area contributed by atoms with Gasteiger partial charge in [-0.15, -0.1) is 11.3 Å². The second kappa shape index (κ2) is 10.8. The van der Waals surface area contributed by atoms with Crippen LogP contribution in [-0.2, 0) is 4.79 Å². The van der Waals surface area contributed by atoms with E-state index in [2.05, 4.69) is 37.2 Å². The molecule has 1 fully saturated rings. The predicted molar refractivity (Wildman–Crippen MR) is 135 cm³/mol.